The maximum atomic E-state index is 9.63. The summed E-state index contributed by atoms with van der Waals surface area (Å²) >= 11 is 7.09. The summed E-state index contributed by atoms with van der Waals surface area (Å²) in [5, 5.41) is 9.63. The number of thiophene rings is 1. The number of rotatable bonds is 3. The molecule has 1 aromatic rings. The number of hydrogen-bond acceptors (Lipinski definition) is 3. The molecule has 3 N–H and O–H groups in total. The minimum Gasteiger partial charge on any atom is -0.386 e. The van der Waals surface area contributed by atoms with Crippen LogP contribution in [0.2, 0.25) is 4.34 Å². The van der Waals surface area contributed by atoms with Gasteiger partial charge in [-0.2, -0.15) is 0 Å². The lowest BCUT2D eigenvalue weighted by atomic mass is 10.1. The molecule has 68 valence electrons. The lowest BCUT2D eigenvalue weighted by Crippen LogP contribution is -2.26. The third kappa shape index (κ3) is 2.20. The van der Waals surface area contributed by atoms with E-state index in [1.165, 1.54) is 11.3 Å². The first kappa shape index (κ1) is 9.99. The van der Waals surface area contributed by atoms with Crippen LogP contribution in [0.4, 0.5) is 0 Å². The third-order valence-electron chi connectivity index (χ3n) is 1.76. The van der Waals surface area contributed by atoms with Crippen LogP contribution >= 0.6 is 22.9 Å². The molecule has 0 amide bonds. The van der Waals surface area contributed by atoms with Crippen LogP contribution in [0.1, 0.15) is 24.3 Å². The second kappa shape index (κ2) is 4.23. The zero-order valence-corrected chi connectivity index (χ0v) is 8.40. The monoisotopic (exact) mass is 205 g/mol. The molecule has 0 saturated carbocycles. The molecule has 0 aliphatic rings. The van der Waals surface area contributed by atoms with Crippen LogP contribution in [0.5, 0.6) is 0 Å². The predicted molar refractivity (Wildman–Crippen MR) is 52.6 cm³/mol. The van der Waals surface area contributed by atoms with Crippen LogP contribution in [0.3, 0.4) is 0 Å². The summed E-state index contributed by atoms with van der Waals surface area (Å²) in [6.07, 6.45) is 0.184. The molecule has 2 atom stereocenters. The highest BCUT2D eigenvalue weighted by atomic mass is 35.5. The number of nitrogens with two attached hydrogens (primary N) is 1. The van der Waals surface area contributed by atoms with Crippen LogP contribution in [-0.4, -0.2) is 11.1 Å². The SMILES string of the molecule is CCC(N)C(O)c1ccc(Cl)s1. The van der Waals surface area contributed by atoms with Crippen LogP contribution in [0.25, 0.3) is 0 Å². The molecule has 1 aromatic heterocycles. The molecule has 2 nitrogen and oxygen atoms in total. The highest BCUT2D eigenvalue weighted by molar-refractivity contribution is 7.16. The molecule has 0 aliphatic carbocycles. The van der Waals surface area contributed by atoms with Crippen molar-refractivity contribution < 1.29 is 5.11 Å². The third-order valence-corrected chi connectivity index (χ3v) is 3.06. The van der Waals surface area contributed by atoms with E-state index >= 15 is 0 Å². The van der Waals surface area contributed by atoms with E-state index in [4.69, 9.17) is 17.3 Å². The van der Waals surface area contributed by atoms with Crippen molar-refractivity contribution in [3.05, 3.63) is 21.3 Å². The van der Waals surface area contributed by atoms with E-state index in [2.05, 4.69) is 0 Å². The molecular weight excluding hydrogens is 194 g/mol. The summed E-state index contributed by atoms with van der Waals surface area (Å²) in [5.41, 5.74) is 5.67. The number of hydrogen-bond donors (Lipinski definition) is 2. The number of halogens is 1. The van der Waals surface area contributed by atoms with Gasteiger partial charge in [0.15, 0.2) is 0 Å². The Labute approximate surface area is 81.0 Å². The van der Waals surface area contributed by atoms with Crippen molar-refractivity contribution >= 4 is 22.9 Å². The zero-order valence-electron chi connectivity index (χ0n) is 6.83. The van der Waals surface area contributed by atoms with Gasteiger partial charge in [-0.25, -0.2) is 0 Å². The minimum atomic E-state index is -0.576. The van der Waals surface area contributed by atoms with Gasteiger partial charge < -0.3 is 10.8 Å². The molecule has 0 fully saturated rings. The Hall–Kier alpha value is -0.0900. The molecule has 4 heteroatoms. The smallest absolute Gasteiger partial charge is 0.103 e. The largest absolute Gasteiger partial charge is 0.386 e. The molecule has 1 heterocycles. The fourth-order valence-electron chi connectivity index (χ4n) is 0.921. The van der Waals surface area contributed by atoms with Crippen molar-refractivity contribution in [2.24, 2.45) is 5.73 Å². The molecule has 1 rings (SSSR count). The fourth-order valence-corrected chi connectivity index (χ4v) is 2.04. The van der Waals surface area contributed by atoms with Gasteiger partial charge in [0.05, 0.1) is 4.34 Å². The molecule has 2 unspecified atom stereocenters. The van der Waals surface area contributed by atoms with E-state index in [0.29, 0.717) is 4.34 Å². The fraction of sp³-hybridized carbons (Fsp3) is 0.500. The van der Waals surface area contributed by atoms with Crippen molar-refractivity contribution in [2.75, 3.05) is 0 Å². The Morgan fingerprint density at radius 2 is 2.33 bits per heavy atom. The first-order chi connectivity index (χ1) is 5.65. The number of aliphatic hydroxyl groups is 1. The first-order valence-electron chi connectivity index (χ1n) is 3.84. The van der Waals surface area contributed by atoms with Gasteiger partial charge in [-0.15, -0.1) is 11.3 Å². The second-order valence-electron chi connectivity index (χ2n) is 2.66. The molecular formula is C8H12ClNOS. The number of aliphatic hydroxyl groups excluding tert-OH is 1. The molecule has 0 bridgehead atoms. The summed E-state index contributed by atoms with van der Waals surface area (Å²) < 4.78 is 0.687. The standard InChI is InChI=1S/C8H12ClNOS/c1-2-5(10)8(11)6-3-4-7(9)12-6/h3-5,8,11H,2,10H2,1H3. The van der Waals surface area contributed by atoms with Crippen LogP contribution in [-0.2, 0) is 0 Å². The second-order valence-corrected chi connectivity index (χ2v) is 4.41. The Morgan fingerprint density at radius 3 is 2.75 bits per heavy atom. The van der Waals surface area contributed by atoms with Crippen molar-refractivity contribution in [3.63, 3.8) is 0 Å². The average molecular weight is 206 g/mol. The van der Waals surface area contributed by atoms with E-state index in [-0.39, 0.29) is 6.04 Å². The van der Waals surface area contributed by atoms with Gasteiger partial charge >= 0.3 is 0 Å². The summed E-state index contributed by atoms with van der Waals surface area (Å²) in [6, 6.07) is 3.39. The average Bonchev–Trinajstić information content (AvgIpc) is 2.49. The maximum Gasteiger partial charge on any atom is 0.103 e. The van der Waals surface area contributed by atoms with Gasteiger partial charge in [0.25, 0.3) is 0 Å². The Balaban J connectivity index is 2.70. The lowest BCUT2D eigenvalue weighted by molar-refractivity contribution is 0.148. The van der Waals surface area contributed by atoms with E-state index in [1.54, 1.807) is 6.07 Å². The van der Waals surface area contributed by atoms with Gasteiger partial charge in [0, 0.05) is 10.9 Å². The van der Waals surface area contributed by atoms with Gasteiger partial charge in [0.2, 0.25) is 0 Å². The lowest BCUT2D eigenvalue weighted by Gasteiger charge is -2.14. The summed E-state index contributed by atoms with van der Waals surface area (Å²) in [6.45, 7) is 1.95. The van der Waals surface area contributed by atoms with Gasteiger partial charge in [-0.1, -0.05) is 18.5 Å². The van der Waals surface area contributed by atoms with E-state index in [0.717, 1.165) is 11.3 Å². The van der Waals surface area contributed by atoms with Crippen molar-refractivity contribution in [1.29, 1.82) is 0 Å². The summed E-state index contributed by atoms with van der Waals surface area (Å²) in [7, 11) is 0. The minimum absolute atomic E-state index is 0.195. The van der Waals surface area contributed by atoms with E-state index < -0.39 is 6.10 Å². The van der Waals surface area contributed by atoms with Crippen molar-refractivity contribution in [3.8, 4) is 0 Å². The first-order valence-corrected chi connectivity index (χ1v) is 5.03. The van der Waals surface area contributed by atoms with Crippen LogP contribution in [0.15, 0.2) is 12.1 Å². The molecule has 0 aromatic carbocycles. The molecule has 0 spiro atoms. The van der Waals surface area contributed by atoms with Crippen LogP contribution < -0.4 is 5.73 Å². The summed E-state index contributed by atoms with van der Waals surface area (Å²) in [4.78, 5) is 0.842. The zero-order chi connectivity index (χ0) is 9.14. The topological polar surface area (TPSA) is 46.2 Å². The van der Waals surface area contributed by atoms with Gasteiger partial charge in [-0.3, -0.25) is 0 Å². The Bertz CT molecular complexity index is 251. The van der Waals surface area contributed by atoms with Crippen LogP contribution in [0, 0.1) is 0 Å². The van der Waals surface area contributed by atoms with E-state index in [9.17, 15) is 5.11 Å². The Morgan fingerprint density at radius 1 is 1.67 bits per heavy atom. The summed E-state index contributed by atoms with van der Waals surface area (Å²) in [5.74, 6) is 0. The Kier molecular flexibility index (Phi) is 3.53. The molecule has 12 heavy (non-hydrogen) atoms. The maximum absolute atomic E-state index is 9.63. The highest BCUT2D eigenvalue weighted by Crippen LogP contribution is 2.28. The molecule has 0 radical (unpaired) electrons. The normalized spacial score (nSPS) is 16.0. The predicted octanol–water partition coefficient (Wildman–Crippen LogP) is 2.17. The van der Waals surface area contributed by atoms with Crippen molar-refractivity contribution in [2.45, 2.75) is 25.5 Å². The molecule has 0 saturated heterocycles. The molecule has 0 aliphatic heterocycles. The van der Waals surface area contributed by atoms with E-state index in [1.807, 2.05) is 13.0 Å². The van der Waals surface area contributed by atoms with Gasteiger partial charge in [-0.05, 0) is 18.6 Å². The highest BCUT2D eigenvalue weighted by Gasteiger charge is 2.16. The quantitative estimate of drug-likeness (QED) is 0.795. The van der Waals surface area contributed by atoms with Crippen molar-refractivity contribution in [1.82, 2.24) is 0 Å². The van der Waals surface area contributed by atoms with Gasteiger partial charge in [0.1, 0.15) is 6.10 Å².